The van der Waals surface area contributed by atoms with Crippen LogP contribution in [0.2, 0.25) is 0 Å². The minimum Gasteiger partial charge on any atom is -0.125 e. The van der Waals surface area contributed by atoms with E-state index in [0.717, 1.165) is 17.8 Å². The summed E-state index contributed by atoms with van der Waals surface area (Å²) in [7, 11) is 0. The summed E-state index contributed by atoms with van der Waals surface area (Å²) in [6, 6.07) is 9.10. The van der Waals surface area contributed by atoms with Crippen molar-refractivity contribution < 1.29 is 0 Å². The van der Waals surface area contributed by atoms with Crippen LogP contribution in [0, 0.1) is 17.8 Å². The van der Waals surface area contributed by atoms with Crippen molar-refractivity contribution in [1.82, 2.24) is 0 Å². The van der Waals surface area contributed by atoms with Gasteiger partial charge in [-0.05, 0) is 67.6 Å². The van der Waals surface area contributed by atoms with Gasteiger partial charge in [-0.25, -0.2) is 0 Å². The molecule has 1 saturated carbocycles. The van der Waals surface area contributed by atoms with Gasteiger partial charge >= 0.3 is 0 Å². The van der Waals surface area contributed by atoms with Crippen LogP contribution in [0.4, 0.5) is 0 Å². The average Bonchev–Trinajstić information content (AvgIpc) is 2.86. The molecule has 3 rings (SSSR count). The number of allylic oxidation sites excluding steroid dienone is 2. The Kier molecular flexibility index (Phi) is 5.91. The van der Waals surface area contributed by atoms with Crippen molar-refractivity contribution in [3.8, 4) is 0 Å². The number of hydrogen-bond donors (Lipinski definition) is 0. The monoisotopic (exact) mass is 328 g/mol. The van der Waals surface area contributed by atoms with E-state index in [1.807, 2.05) is 11.8 Å². The van der Waals surface area contributed by atoms with Gasteiger partial charge in [0.05, 0.1) is 0 Å². The second-order valence-corrected chi connectivity index (χ2v) is 9.07. The van der Waals surface area contributed by atoms with Crippen LogP contribution in [-0.4, -0.2) is 5.75 Å². The Morgan fingerprint density at radius 1 is 1.09 bits per heavy atom. The zero-order chi connectivity index (χ0) is 16.2. The summed E-state index contributed by atoms with van der Waals surface area (Å²) in [4.78, 5) is 1.51. The van der Waals surface area contributed by atoms with Crippen LogP contribution in [0.3, 0.4) is 0 Å². The van der Waals surface area contributed by atoms with Crippen LogP contribution in [0.15, 0.2) is 34.7 Å². The Balaban J connectivity index is 1.76. The van der Waals surface area contributed by atoms with Gasteiger partial charge in [0.2, 0.25) is 0 Å². The van der Waals surface area contributed by atoms with Gasteiger partial charge in [-0.3, -0.25) is 0 Å². The van der Waals surface area contributed by atoms with E-state index in [9.17, 15) is 0 Å². The van der Waals surface area contributed by atoms with E-state index < -0.39 is 0 Å². The van der Waals surface area contributed by atoms with Gasteiger partial charge in [0.15, 0.2) is 0 Å². The fourth-order valence-electron chi connectivity index (χ4n) is 4.39. The second kappa shape index (κ2) is 7.92. The minimum atomic E-state index is 0.865. The first kappa shape index (κ1) is 17.1. The third-order valence-corrected chi connectivity index (χ3v) is 7.11. The summed E-state index contributed by atoms with van der Waals surface area (Å²) in [6.45, 7) is 7.21. The smallest absolute Gasteiger partial charge is 0.0147 e. The molecule has 1 heteroatoms. The summed E-state index contributed by atoms with van der Waals surface area (Å²) in [6.07, 6.45) is 9.80. The topological polar surface area (TPSA) is 0 Å². The largest absolute Gasteiger partial charge is 0.125 e. The van der Waals surface area contributed by atoms with Crippen molar-refractivity contribution in [1.29, 1.82) is 0 Å². The predicted molar refractivity (Wildman–Crippen MR) is 104 cm³/mol. The van der Waals surface area contributed by atoms with E-state index in [4.69, 9.17) is 0 Å². The van der Waals surface area contributed by atoms with E-state index in [-0.39, 0.29) is 0 Å². The molecule has 0 saturated heterocycles. The van der Waals surface area contributed by atoms with E-state index in [2.05, 4.69) is 45.0 Å². The average molecular weight is 329 g/mol. The van der Waals surface area contributed by atoms with Gasteiger partial charge in [-0.1, -0.05) is 56.9 Å². The Labute approximate surface area is 147 Å². The quantitative estimate of drug-likeness (QED) is 0.529. The Morgan fingerprint density at radius 2 is 1.91 bits per heavy atom. The van der Waals surface area contributed by atoms with Gasteiger partial charge in [0, 0.05) is 10.6 Å². The molecule has 0 aromatic heterocycles. The first-order valence-electron chi connectivity index (χ1n) is 9.56. The lowest BCUT2D eigenvalue weighted by Crippen LogP contribution is -2.07. The Hall–Kier alpha value is -0.690. The highest BCUT2D eigenvalue weighted by Gasteiger charge is 2.24. The number of hydrogen-bond acceptors (Lipinski definition) is 1. The molecule has 1 aromatic rings. The Bertz CT molecular complexity index is 555. The highest BCUT2D eigenvalue weighted by atomic mass is 32.2. The maximum Gasteiger partial charge on any atom is 0.0147 e. The van der Waals surface area contributed by atoms with Gasteiger partial charge in [0.1, 0.15) is 0 Å². The van der Waals surface area contributed by atoms with Gasteiger partial charge in [-0.15, -0.1) is 11.8 Å². The predicted octanol–water partition coefficient (Wildman–Crippen LogP) is 7.20. The maximum atomic E-state index is 2.41. The van der Waals surface area contributed by atoms with E-state index >= 15 is 0 Å². The van der Waals surface area contributed by atoms with Crippen LogP contribution in [-0.2, 0) is 0 Å². The molecule has 126 valence electrons. The van der Waals surface area contributed by atoms with Crippen LogP contribution in [0.25, 0.3) is 5.57 Å². The lowest BCUT2D eigenvalue weighted by molar-refractivity contribution is 0.336. The molecule has 2 atom stereocenters. The molecule has 2 unspecified atom stereocenters. The van der Waals surface area contributed by atoms with Crippen LogP contribution >= 0.6 is 11.8 Å². The number of benzene rings is 1. The lowest BCUT2D eigenvalue weighted by atomic mass is 9.85. The number of rotatable bonds is 3. The number of thioether (sulfide) groups is 1. The highest BCUT2D eigenvalue weighted by molar-refractivity contribution is 7.99. The molecule has 0 amide bonds. The van der Waals surface area contributed by atoms with Gasteiger partial charge < -0.3 is 0 Å². The van der Waals surface area contributed by atoms with Crippen molar-refractivity contribution >= 4 is 17.3 Å². The number of fused-ring (bicyclic) bond motifs is 1. The van der Waals surface area contributed by atoms with E-state index in [0.29, 0.717) is 0 Å². The molecule has 2 aliphatic rings. The normalized spacial score (nSPS) is 25.9. The van der Waals surface area contributed by atoms with Crippen molar-refractivity contribution in [3.63, 3.8) is 0 Å². The molecule has 0 nitrogen and oxygen atoms in total. The summed E-state index contributed by atoms with van der Waals surface area (Å²) in [5, 5.41) is 0. The lowest BCUT2D eigenvalue weighted by Gasteiger charge is -2.20. The molecule has 0 bridgehead atoms. The zero-order valence-electron chi connectivity index (χ0n) is 15.1. The molecular formula is C22H32S. The zero-order valence-corrected chi connectivity index (χ0v) is 15.9. The molecule has 0 spiro atoms. The molecule has 1 heterocycles. The molecule has 1 aromatic carbocycles. The summed E-state index contributed by atoms with van der Waals surface area (Å²) >= 11 is 2.05. The molecular weight excluding hydrogens is 296 g/mol. The molecule has 0 N–H and O–H groups in total. The Morgan fingerprint density at radius 3 is 2.74 bits per heavy atom. The fourth-order valence-corrected chi connectivity index (χ4v) is 5.54. The van der Waals surface area contributed by atoms with Crippen molar-refractivity contribution in [2.45, 2.75) is 70.6 Å². The van der Waals surface area contributed by atoms with E-state index in [1.165, 1.54) is 61.2 Å². The molecule has 1 fully saturated rings. The maximum absolute atomic E-state index is 2.41. The molecule has 23 heavy (non-hydrogen) atoms. The van der Waals surface area contributed by atoms with Crippen LogP contribution in [0.5, 0.6) is 0 Å². The molecule has 1 aliphatic heterocycles. The third-order valence-electron chi connectivity index (χ3n) is 6.03. The van der Waals surface area contributed by atoms with Crippen molar-refractivity contribution in [3.05, 3.63) is 35.4 Å². The van der Waals surface area contributed by atoms with Crippen molar-refractivity contribution in [2.75, 3.05) is 5.75 Å². The fraction of sp³-hybridized carbons (Fsp3) is 0.636. The summed E-state index contributed by atoms with van der Waals surface area (Å²) in [5.74, 6) is 3.98. The van der Waals surface area contributed by atoms with Crippen LogP contribution in [0.1, 0.15) is 71.3 Å². The SMILES string of the molecule is CC1=C(CC2CCCC(C(C)C)CC2)c2ccccc2SCC1. The summed E-state index contributed by atoms with van der Waals surface area (Å²) < 4.78 is 0. The molecule has 1 aliphatic carbocycles. The van der Waals surface area contributed by atoms with Crippen molar-refractivity contribution in [2.24, 2.45) is 17.8 Å². The third kappa shape index (κ3) is 4.24. The first-order chi connectivity index (χ1) is 11.1. The second-order valence-electron chi connectivity index (χ2n) is 7.94. The highest BCUT2D eigenvalue weighted by Crippen LogP contribution is 2.41. The van der Waals surface area contributed by atoms with Gasteiger partial charge in [0.25, 0.3) is 0 Å². The first-order valence-corrected chi connectivity index (χ1v) is 10.5. The van der Waals surface area contributed by atoms with Crippen LogP contribution < -0.4 is 0 Å². The standard InChI is InChI=1S/C22H32S/c1-16(2)19-8-6-7-18(11-12-19)15-21-17(3)13-14-23-22-10-5-4-9-20(21)22/h4-5,9-10,16,18-19H,6-8,11-15H2,1-3H3. The van der Waals surface area contributed by atoms with E-state index in [1.54, 1.807) is 11.1 Å². The summed E-state index contributed by atoms with van der Waals surface area (Å²) in [5.41, 5.74) is 4.86. The van der Waals surface area contributed by atoms with Gasteiger partial charge in [-0.2, -0.15) is 0 Å². The minimum absolute atomic E-state index is 0.865. The molecule has 0 radical (unpaired) electrons.